The van der Waals surface area contributed by atoms with Crippen LogP contribution in [-0.4, -0.2) is 35.1 Å². The molecule has 0 saturated carbocycles. The lowest BCUT2D eigenvalue weighted by molar-refractivity contribution is -0.384. The number of likely N-dealkylation sites (N-methyl/N-ethyl adjacent to an activating group) is 1. The van der Waals surface area contributed by atoms with Gasteiger partial charge in [0.25, 0.3) is 5.69 Å². The molecule has 0 unspecified atom stereocenters. The molecule has 0 amide bonds. The lowest BCUT2D eigenvalue weighted by Crippen LogP contribution is -2.31. The zero-order valence-electron chi connectivity index (χ0n) is 35.0. The van der Waals surface area contributed by atoms with Gasteiger partial charge < -0.3 is 14.5 Å². The fourth-order valence-electron chi connectivity index (χ4n) is 7.36. The Balaban J connectivity index is 1.43. The summed E-state index contributed by atoms with van der Waals surface area (Å²) in [7, 11) is 0. The van der Waals surface area contributed by atoms with Crippen molar-refractivity contribution in [2.45, 2.75) is 116 Å². The molecule has 2 aliphatic heterocycles. The summed E-state index contributed by atoms with van der Waals surface area (Å²) < 4.78 is 6.65. The van der Waals surface area contributed by atoms with E-state index in [0.29, 0.717) is 11.4 Å². The van der Waals surface area contributed by atoms with Crippen molar-refractivity contribution in [2.75, 3.05) is 24.5 Å². The van der Waals surface area contributed by atoms with Gasteiger partial charge in [-0.1, -0.05) is 96.3 Å². The minimum Gasteiger partial charge on any atom is -0.479 e. The quantitative estimate of drug-likeness (QED) is 0.0334. The molecule has 0 bridgehead atoms. The van der Waals surface area contributed by atoms with Crippen molar-refractivity contribution in [3.05, 3.63) is 129 Å². The van der Waals surface area contributed by atoms with E-state index in [0.717, 1.165) is 87.8 Å². The van der Waals surface area contributed by atoms with E-state index < -0.39 is 10.5 Å². The molecule has 0 aromatic heterocycles. The maximum atomic E-state index is 10.9. The van der Waals surface area contributed by atoms with Gasteiger partial charge in [0.05, 0.1) is 16.3 Å². The lowest BCUT2D eigenvalue weighted by atomic mass is 9.82. The zero-order chi connectivity index (χ0) is 42.3. The number of unbranched alkanes of at least 4 members (excludes halogenated alkanes) is 10. The van der Waals surface area contributed by atoms with Crippen LogP contribution in [0.15, 0.2) is 130 Å². The van der Waals surface area contributed by atoms with Crippen LogP contribution in [0.2, 0.25) is 0 Å². The molecule has 2 aromatic rings. The molecule has 308 valence electrons. The molecule has 0 atom stereocenters. The van der Waals surface area contributed by atoms with Crippen LogP contribution in [0, 0.1) is 44.1 Å². The number of nitro benzene ring substituents is 1. The van der Waals surface area contributed by atoms with Crippen LogP contribution in [0.25, 0.3) is 0 Å². The average molecular weight is 795 g/mol. The van der Waals surface area contributed by atoms with Crippen molar-refractivity contribution in [2.24, 2.45) is 10.2 Å². The number of nitriles is 3. The Bertz CT molecular complexity index is 1990. The van der Waals surface area contributed by atoms with Crippen LogP contribution in [0.3, 0.4) is 0 Å². The maximum Gasteiger partial charge on any atom is 0.269 e. The van der Waals surface area contributed by atoms with Crippen LogP contribution in [0.5, 0.6) is 0 Å². The Kier molecular flexibility index (Phi) is 18.9. The Morgan fingerprint density at radius 1 is 0.814 bits per heavy atom. The predicted molar refractivity (Wildman–Crippen MR) is 235 cm³/mol. The summed E-state index contributed by atoms with van der Waals surface area (Å²) in [5.41, 5.74) is 3.45. The first-order valence-electron chi connectivity index (χ1n) is 21.2. The predicted octanol–water partition coefficient (Wildman–Crippen LogP) is 13.1. The molecule has 2 heterocycles. The molecule has 0 N–H and O–H groups in total. The molecule has 0 fully saturated rings. The van der Waals surface area contributed by atoms with E-state index in [4.69, 9.17) is 4.74 Å². The highest BCUT2D eigenvalue weighted by molar-refractivity contribution is 5.61. The van der Waals surface area contributed by atoms with E-state index in [1.807, 2.05) is 54.6 Å². The Labute approximate surface area is 350 Å². The Morgan fingerprint density at radius 2 is 1.36 bits per heavy atom. The van der Waals surface area contributed by atoms with Crippen molar-refractivity contribution in [3.63, 3.8) is 0 Å². The molecule has 0 radical (unpaired) electrons. The molecule has 4 rings (SSSR count). The van der Waals surface area contributed by atoms with E-state index in [9.17, 15) is 25.9 Å². The number of allylic oxidation sites excluding steroid dienone is 7. The van der Waals surface area contributed by atoms with Gasteiger partial charge in [-0.25, -0.2) is 0 Å². The molecule has 59 heavy (non-hydrogen) atoms. The average Bonchev–Trinajstić information content (AvgIpc) is 3.56. The number of rotatable bonds is 24. The summed E-state index contributed by atoms with van der Waals surface area (Å²) in [4.78, 5) is 14.9. The summed E-state index contributed by atoms with van der Waals surface area (Å²) in [5.74, 6) is 0.122. The number of benzene rings is 2. The lowest BCUT2D eigenvalue weighted by Gasteiger charge is -2.31. The summed E-state index contributed by atoms with van der Waals surface area (Å²) in [6.45, 7) is 8.94. The van der Waals surface area contributed by atoms with Gasteiger partial charge in [0.1, 0.15) is 29.4 Å². The van der Waals surface area contributed by atoms with Crippen LogP contribution in [0.1, 0.15) is 111 Å². The molecular weight excluding hydrogens is 737 g/mol. The van der Waals surface area contributed by atoms with Crippen molar-refractivity contribution in [1.29, 1.82) is 15.8 Å². The van der Waals surface area contributed by atoms with Crippen molar-refractivity contribution < 1.29 is 9.66 Å². The van der Waals surface area contributed by atoms with Crippen LogP contribution < -0.4 is 4.90 Å². The molecule has 0 aliphatic carbocycles. The third kappa shape index (κ3) is 13.7. The van der Waals surface area contributed by atoms with E-state index in [-0.39, 0.29) is 22.6 Å². The fourth-order valence-corrected chi connectivity index (χ4v) is 7.36. The number of azo groups is 1. The topological polar surface area (TPSA) is 155 Å². The number of hydrogen-bond donors (Lipinski definition) is 0. The van der Waals surface area contributed by atoms with Crippen LogP contribution >= 0.6 is 0 Å². The Hall–Kier alpha value is -6.25. The molecule has 2 aliphatic rings. The summed E-state index contributed by atoms with van der Waals surface area (Å²) in [6.07, 6.45) is 29.2. The number of ether oxygens (including phenoxy) is 1. The third-order valence-corrected chi connectivity index (χ3v) is 10.8. The van der Waals surface area contributed by atoms with Gasteiger partial charge in [-0.2, -0.15) is 26.0 Å². The van der Waals surface area contributed by atoms with E-state index in [1.165, 1.54) is 50.7 Å². The van der Waals surface area contributed by atoms with Crippen molar-refractivity contribution >= 4 is 22.7 Å². The highest BCUT2D eigenvalue weighted by Gasteiger charge is 2.45. The van der Waals surface area contributed by atoms with Gasteiger partial charge >= 0.3 is 0 Å². The molecule has 2 aromatic carbocycles. The molecule has 11 nitrogen and oxygen atoms in total. The summed E-state index contributed by atoms with van der Waals surface area (Å²) >= 11 is 0. The molecule has 0 spiro atoms. The zero-order valence-corrected chi connectivity index (χ0v) is 35.0. The van der Waals surface area contributed by atoms with E-state index in [1.54, 1.807) is 12.1 Å². The minimum absolute atomic E-state index is 0.0125. The first-order valence-corrected chi connectivity index (χ1v) is 21.2. The highest BCUT2D eigenvalue weighted by atomic mass is 16.6. The molecule has 0 saturated heterocycles. The van der Waals surface area contributed by atoms with Gasteiger partial charge in [0, 0.05) is 55.4 Å². The van der Waals surface area contributed by atoms with Gasteiger partial charge in [-0.05, 0) is 86.7 Å². The first kappa shape index (κ1) is 45.5. The fraction of sp³-hybridized carbons (Fsp3) is 0.438. The molecular formula is C48H58N8O3. The van der Waals surface area contributed by atoms with Crippen LogP contribution in [-0.2, 0) is 4.74 Å². The van der Waals surface area contributed by atoms with E-state index >= 15 is 0 Å². The number of anilines is 1. The summed E-state index contributed by atoms with van der Waals surface area (Å²) in [5, 5.41) is 49.4. The standard InChI is InChI=1S/C48H58N8O3/c1-4-7-9-11-13-15-30-48(31-16-14-12-10-8-5-2)46(45(38-51)47(59-48)40(36-49)37-50)19-17-18-39-28-32-54(33-29-39)34-35-55(6-3)43-24-20-41(21-25-43)52-53-42-22-26-44(27-23-42)56(57)58/h17-29,32-33H,4-16,30-31,34-35H2,1-3H3/b19-17+,53-52?. The number of nitrogens with zero attached hydrogens (tertiary/aromatic N) is 8. The van der Waals surface area contributed by atoms with Gasteiger partial charge in [-0.15, -0.1) is 0 Å². The maximum absolute atomic E-state index is 10.9. The summed E-state index contributed by atoms with van der Waals surface area (Å²) in [6, 6.07) is 20.1. The van der Waals surface area contributed by atoms with Gasteiger partial charge in [-0.3, -0.25) is 10.1 Å². The molecule has 11 heteroatoms. The number of hydrogen-bond acceptors (Lipinski definition) is 10. The highest BCUT2D eigenvalue weighted by Crippen LogP contribution is 2.47. The van der Waals surface area contributed by atoms with E-state index in [2.05, 4.69) is 71.4 Å². The SMILES string of the molecule is CCCCCCCCC1(CCCCCCCC)OC(=C(C#N)C#N)C(C#N)=C1/C=C/C=C1C=CN(CCN(CC)c2ccc(N=Nc3ccc([N+](=O)[O-])cc3)cc2)C=C1. The third-order valence-electron chi connectivity index (χ3n) is 10.8. The smallest absolute Gasteiger partial charge is 0.269 e. The minimum atomic E-state index is -0.760. The second kappa shape index (κ2) is 24.5. The largest absolute Gasteiger partial charge is 0.479 e. The van der Waals surface area contributed by atoms with Gasteiger partial charge in [0.15, 0.2) is 11.3 Å². The number of nitro groups is 1. The Morgan fingerprint density at radius 3 is 1.86 bits per heavy atom. The number of non-ortho nitro benzene ring substituents is 1. The monoisotopic (exact) mass is 794 g/mol. The van der Waals surface area contributed by atoms with Gasteiger partial charge in [0.2, 0.25) is 0 Å². The first-order chi connectivity index (χ1) is 28.8. The normalized spacial score (nSPS) is 14.4. The van der Waals surface area contributed by atoms with Crippen molar-refractivity contribution in [1.82, 2.24) is 4.90 Å². The van der Waals surface area contributed by atoms with Crippen LogP contribution in [0.4, 0.5) is 22.7 Å². The second-order valence-corrected chi connectivity index (χ2v) is 14.9. The van der Waals surface area contributed by atoms with Crippen molar-refractivity contribution in [3.8, 4) is 18.2 Å². The second-order valence-electron chi connectivity index (χ2n) is 14.9.